The van der Waals surface area contributed by atoms with Crippen LogP contribution in [-0.2, 0) is 9.53 Å². The van der Waals surface area contributed by atoms with E-state index in [2.05, 4.69) is 5.32 Å². The summed E-state index contributed by atoms with van der Waals surface area (Å²) in [7, 11) is 0. The van der Waals surface area contributed by atoms with Crippen LogP contribution >= 0.6 is 0 Å². The van der Waals surface area contributed by atoms with E-state index in [1.165, 1.54) is 0 Å². The Labute approximate surface area is 91.0 Å². The van der Waals surface area contributed by atoms with Crippen molar-refractivity contribution >= 4 is 5.91 Å². The largest absolute Gasteiger partial charge is 0.393 e. The average Bonchev–Trinajstić information content (AvgIpc) is 2.29. The fourth-order valence-corrected chi connectivity index (χ4v) is 1.63. The van der Waals surface area contributed by atoms with Gasteiger partial charge in [-0.25, -0.2) is 0 Å². The van der Waals surface area contributed by atoms with Crippen LogP contribution in [0.1, 0.15) is 39.0 Å². The van der Waals surface area contributed by atoms with E-state index in [1.807, 2.05) is 6.92 Å². The van der Waals surface area contributed by atoms with E-state index < -0.39 is 0 Å². The Morgan fingerprint density at radius 3 is 3.00 bits per heavy atom. The van der Waals surface area contributed by atoms with Crippen LogP contribution in [0.2, 0.25) is 0 Å². The van der Waals surface area contributed by atoms with Gasteiger partial charge in [0.2, 0.25) is 5.91 Å². The summed E-state index contributed by atoms with van der Waals surface area (Å²) in [5.41, 5.74) is 0. The first kappa shape index (κ1) is 12.5. The molecule has 4 nitrogen and oxygen atoms in total. The smallest absolute Gasteiger partial charge is 0.249 e. The van der Waals surface area contributed by atoms with Gasteiger partial charge in [0.15, 0.2) is 0 Å². The van der Waals surface area contributed by atoms with Gasteiger partial charge in [0.25, 0.3) is 0 Å². The SMILES string of the molecule is CCC(O)CCNC(=O)C1CCCCO1. The van der Waals surface area contributed by atoms with Gasteiger partial charge >= 0.3 is 0 Å². The number of carbonyl (C=O) groups is 1. The molecule has 1 amide bonds. The van der Waals surface area contributed by atoms with Crippen molar-refractivity contribution in [2.45, 2.75) is 51.2 Å². The fraction of sp³-hybridized carbons (Fsp3) is 0.909. The zero-order valence-corrected chi connectivity index (χ0v) is 9.37. The van der Waals surface area contributed by atoms with E-state index in [9.17, 15) is 9.90 Å². The minimum absolute atomic E-state index is 0.0296. The normalized spacial score (nSPS) is 23.5. The molecule has 1 aliphatic heterocycles. The monoisotopic (exact) mass is 215 g/mol. The third-order valence-corrected chi connectivity index (χ3v) is 2.72. The van der Waals surface area contributed by atoms with Crippen LogP contribution in [0.25, 0.3) is 0 Å². The Balaban J connectivity index is 2.12. The number of aliphatic hydroxyl groups is 1. The molecule has 1 fully saturated rings. The maximum absolute atomic E-state index is 11.6. The van der Waals surface area contributed by atoms with Crippen molar-refractivity contribution in [2.24, 2.45) is 0 Å². The molecule has 0 aliphatic carbocycles. The van der Waals surface area contributed by atoms with E-state index in [0.29, 0.717) is 19.6 Å². The predicted molar refractivity (Wildman–Crippen MR) is 57.5 cm³/mol. The van der Waals surface area contributed by atoms with E-state index in [-0.39, 0.29) is 18.1 Å². The van der Waals surface area contributed by atoms with Crippen LogP contribution in [0.3, 0.4) is 0 Å². The Hall–Kier alpha value is -0.610. The van der Waals surface area contributed by atoms with Gasteiger partial charge in [-0.05, 0) is 32.1 Å². The molecule has 0 spiro atoms. The van der Waals surface area contributed by atoms with Crippen molar-refractivity contribution in [3.63, 3.8) is 0 Å². The Bertz CT molecular complexity index is 190. The molecule has 2 unspecified atom stereocenters. The summed E-state index contributed by atoms with van der Waals surface area (Å²) in [5.74, 6) is -0.0296. The fourth-order valence-electron chi connectivity index (χ4n) is 1.63. The van der Waals surface area contributed by atoms with Crippen LogP contribution in [0.15, 0.2) is 0 Å². The summed E-state index contributed by atoms with van der Waals surface area (Å²) < 4.78 is 5.35. The zero-order chi connectivity index (χ0) is 11.1. The van der Waals surface area contributed by atoms with E-state index in [4.69, 9.17) is 4.74 Å². The molecule has 1 aliphatic rings. The molecular formula is C11H21NO3. The minimum Gasteiger partial charge on any atom is -0.393 e. The molecule has 2 atom stereocenters. The van der Waals surface area contributed by atoms with Gasteiger partial charge < -0.3 is 15.2 Å². The van der Waals surface area contributed by atoms with Crippen LogP contribution in [0, 0.1) is 0 Å². The number of carbonyl (C=O) groups excluding carboxylic acids is 1. The molecule has 0 bridgehead atoms. The van der Waals surface area contributed by atoms with Gasteiger partial charge in [-0.3, -0.25) is 4.79 Å². The second-order valence-electron chi connectivity index (χ2n) is 4.00. The molecule has 2 N–H and O–H groups in total. The molecule has 1 heterocycles. The predicted octanol–water partition coefficient (Wildman–Crippen LogP) is 0.833. The summed E-state index contributed by atoms with van der Waals surface area (Å²) in [6, 6.07) is 0. The number of ether oxygens (including phenoxy) is 1. The van der Waals surface area contributed by atoms with Crippen molar-refractivity contribution < 1.29 is 14.6 Å². The Morgan fingerprint density at radius 1 is 1.60 bits per heavy atom. The van der Waals surface area contributed by atoms with Gasteiger partial charge in [0.1, 0.15) is 6.10 Å². The first-order valence-corrected chi connectivity index (χ1v) is 5.81. The molecule has 4 heteroatoms. The summed E-state index contributed by atoms with van der Waals surface area (Å²) in [4.78, 5) is 11.6. The molecule has 0 radical (unpaired) electrons. The van der Waals surface area contributed by atoms with E-state index in [1.54, 1.807) is 0 Å². The van der Waals surface area contributed by atoms with Gasteiger partial charge in [-0.1, -0.05) is 6.92 Å². The third kappa shape index (κ3) is 4.62. The van der Waals surface area contributed by atoms with Gasteiger partial charge in [-0.15, -0.1) is 0 Å². The van der Waals surface area contributed by atoms with Crippen LogP contribution in [0.4, 0.5) is 0 Å². The lowest BCUT2D eigenvalue weighted by molar-refractivity contribution is -0.135. The van der Waals surface area contributed by atoms with Crippen molar-refractivity contribution in [3.05, 3.63) is 0 Å². The second-order valence-corrected chi connectivity index (χ2v) is 4.00. The maximum atomic E-state index is 11.6. The standard InChI is InChI=1S/C11H21NO3/c1-2-9(13)6-7-12-11(14)10-5-3-4-8-15-10/h9-10,13H,2-8H2,1H3,(H,12,14). The van der Waals surface area contributed by atoms with Crippen molar-refractivity contribution in [2.75, 3.05) is 13.2 Å². The topological polar surface area (TPSA) is 58.6 Å². The molecule has 1 rings (SSSR count). The number of aliphatic hydroxyl groups excluding tert-OH is 1. The first-order chi connectivity index (χ1) is 7.24. The van der Waals surface area contributed by atoms with Gasteiger partial charge in [0, 0.05) is 13.2 Å². The summed E-state index contributed by atoms with van der Waals surface area (Å²) >= 11 is 0. The average molecular weight is 215 g/mol. The summed E-state index contributed by atoms with van der Waals surface area (Å²) in [6.45, 7) is 3.15. The minimum atomic E-state index is -0.308. The first-order valence-electron chi connectivity index (χ1n) is 5.81. The van der Waals surface area contributed by atoms with Gasteiger partial charge in [-0.2, -0.15) is 0 Å². The lowest BCUT2D eigenvalue weighted by Crippen LogP contribution is -2.39. The Kier molecular flexibility index (Phi) is 5.65. The van der Waals surface area contributed by atoms with E-state index >= 15 is 0 Å². The lowest BCUT2D eigenvalue weighted by atomic mass is 10.1. The molecular weight excluding hydrogens is 194 g/mol. The number of amides is 1. The molecule has 15 heavy (non-hydrogen) atoms. The van der Waals surface area contributed by atoms with Crippen molar-refractivity contribution in [1.29, 1.82) is 0 Å². The van der Waals surface area contributed by atoms with Crippen LogP contribution < -0.4 is 5.32 Å². The number of nitrogens with one attached hydrogen (secondary N) is 1. The van der Waals surface area contributed by atoms with Crippen molar-refractivity contribution in [1.82, 2.24) is 5.32 Å². The second kappa shape index (κ2) is 6.80. The molecule has 88 valence electrons. The Morgan fingerprint density at radius 2 is 2.40 bits per heavy atom. The molecule has 0 saturated carbocycles. The summed E-state index contributed by atoms with van der Waals surface area (Å²) in [6.07, 6.45) is 3.72. The quantitative estimate of drug-likeness (QED) is 0.714. The number of rotatable bonds is 5. The maximum Gasteiger partial charge on any atom is 0.249 e. The van der Waals surface area contributed by atoms with Crippen LogP contribution in [-0.4, -0.2) is 36.4 Å². The highest BCUT2D eigenvalue weighted by atomic mass is 16.5. The molecule has 1 saturated heterocycles. The molecule has 0 aromatic rings. The highest BCUT2D eigenvalue weighted by Crippen LogP contribution is 2.12. The van der Waals surface area contributed by atoms with Crippen molar-refractivity contribution in [3.8, 4) is 0 Å². The highest BCUT2D eigenvalue weighted by molar-refractivity contribution is 5.80. The highest BCUT2D eigenvalue weighted by Gasteiger charge is 2.21. The van der Waals surface area contributed by atoms with Crippen LogP contribution in [0.5, 0.6) is 0 Å². The molecule has 0 aromatic carbocycles. The van der Waals surface area contributed by atoms with E-state index in [0.717, 1.165) is 25.7 Å². The molecule has 0 aromatic heterocycles. The number of hydrogen-bond donors (Lipinski definition) is 2. The number of hydrogen-bond acceptors (Lipinski definition) is 3. The lowest BCUT2D eigenvalue weighted by Gasteiger charge is -2.21. The van der Waals surface area contributed by atoms with Gasteiger partial charge in [0.05, 0.1) is 6.10 Å². The third-order valence-electron chi connectivity index (χ3n) is 2.72. The summed E-state index contributed by atoms with van der Waals surface area (Å²) in [5, 5.41) is 12.1. The zero-order valence-electron chi connectivity index (χ0n) is 9.37.